The lowest BCUT2D eigenvalue weighted by Gasteiger charge is -2.24. The number of hydrogen-bond acceptors (Lipinski definition) is 2. The van der Waals surface area contributed by atoms with Crippen LogP contribution >= 0.6 is 12.2 Å². The van der Waals surface area contributed by atoms with E-state index in [0.717, 1.165) is 24.9 Å². The highest BCUT2D eigenvalue weighted by Crippen LogP contribution is 2.17. The first-order valence-corrected chi connectivity index (χ1v) is 6.86. The molecule has 19 heavy (non-hydrogen) atoms. The summed E-state index contributed by atoms with van der Waals surface area (Å²) >= 11 is 5.35. The SMILES string of the molecule is S=C(Nc1ccccc1)NC1CCc2nc[nH]c2C1. The molecular weight excluding hydrogens is 256 g/mol. The smallest absolute Gasteiger partial charge is 0.171 e. The largest absolute Gasteiger partial charge is 0.359 e. The van der Waals surface area contributed by atoms with E-state index in [2.05, 4.69) is 20.6 Å². The summed E-state index contributed by atoms with van der Waals surface area (Å²) in [6.45, 7) is 0. The Morgan fingerprint density at radius 2 is 2.16 bits per heavy atom. The van der Waals surface area contributed by atoms with E-state index < -0.39 is 0 Å². The van der Waals surface area contributed by atoms with Crippen LogP contribution in [0.3, 0.4) is 0 Å². The molecule has 0 amide bonds. The summed E-state index contributed by atoms with van der Waals surface area (Å²) in [5.41, 5.74) is 3.43. The summed E-state index contributed by atoms with van der Waals surface area (Å²) in [5.74, 6) is 0. The second-order valence-electron chi connectivity index (χ2n) is 4.73. The third kappa shape index (κ3) is 2.93. The molecule has 0 radical (unpaired) electrons. The molecule has 1 unspecified atom stereocenters. The van der Waals surface area contributed by atoms with Gasteiger partial charge in [-0.1, -0.05) is 18.2 Å². The van der Waals surface area contributed by atoms with Crippen LogP contribution in [0, 0.1) is 0 Å². The predicted molar refractivity (Wildman–Crippen MR) is 80.2 cm³/mol. The number of benzene rings is 1. The molecule has 1 aromatic heterocycles. The fraction of sp³-hybridized carbons (Fsp3) is 0.286. The van der Waals surface area contributed by atoms with Gasteiger partial charge in [-0.25, -0.2) is 4.98 Å². The Labute approximate surface area is 117 Å². The van der Waals surface area contributed by atoms with Gasteiger partial charge in [0.2, 0.25) is 0 Å². The third-order valence-electron chi connectivity index (χ3n) is 3.35. The van der Waals surface area contributed by atoms with Gasteiger partial charge in [0.1, 0.15) is 0 Å². The van der Waals surface area contributed by atoms with Gasteiger partial charge in [0.25, 0.3) is 0 Å². The van der Waals surface area contributed by atoms with Crippen LogP contribution in [0.2, 0.25) is 0 Å². The lowest BCUT2D eigenvalue weighted by Crippen LogP contribution is -2.41. The zero-order chi connectivity index (χ0) is 13.1. The standard InChI is InChI=1S/C14H16N4S/c19-14(17-10-4-2-1-3-5-10)18-11-6-7-12-13(8-11)16-9-15-12/h1-5,9,11H,6-8H2,(H,15,16)(H2,17,18,19). The Morgan fingerprint density at radius 3 is 3.00 bits per heavy atom. The molecule has 1 aromatic carbocycles. The minimum atomic E-state index is 0.372. The van der Waals surface area contributed by atoms with Crippen LogP contribution in [0.15, 0.2) is 36.7 Å². The van der Waals surface area contributed by atoms with Gasteiger partial charge in [0.05, 0.1) is 12.0 Å². The quantitative estimate of drug-likeness (QED) is 0.734. The average molecular weight is 272 g/mol. The molecular formula is C14H16N4S. The number of nitrogens with one attached hydrogen (secondary N) is 3. The highest BCUT2D eigenvalue weighted by atomic mass is 32.1. The van der Waals surface area contributed by atoms with E-state index >= 15 is 0 Å². The van der Waals surface area contributed by atoms with Crippen molar-refractivity contribution in [2.24, 2.45) is 0 Å². The average Bonchev–Trinajstić information content (AvgIpc) is 2.87. The molecule has 0 fully saturated rings. The van der Waals surface area contributed by atoms with Gasteiger partial charge in [-0.05, 0) is 37.2 Å². The minimum absolute atomic E-state index is 0.372. The van der Waals surface area contributed by atoms with E-state index in [1.807, 2.05) is 30.3 Å². The molecule has 1 heterocycles. The molecule has 3 rings (SSSR count). The number of nitrogens with zero attached hydrogens (tertiary/aromatic N) is 1. The van der Waals surface area contributed by atoms with Gasteiger partial charge in [-0.2, -0.15) is 0 Å². The molecule has 0 spiro atoms. The Morgan fingerprint density at radius 1 is 1.32 bits per heavy atom. The number of imidazole rings is 1. The van der Waals surface area contributed by atoms with Gasteiger partial charge in [0.15, 0.2) is 5.11 Å². The zero-order valence-corrected chi connectivity index (χ0v) is 11.3. The predicted octanol–water partition coefficient (Wildman–Crippen LogP) is 2.25. The lowest BCUT2D eigenvalue weighted by molar-refractivity contribution is 0.521. The van der Waals surface area contributed by atoms with Crippen LogP contribution in [-0.2, 0) is 12.8 Å². The van der Waals surface area contributed by atoms with Crippen molar-refractivity contribution in [2.75, 3.05) is 5.32 Å². The van der Waals surface area contributed by atoms with Gasteiger partial charge in [-0.3, -0.25) is 0 Å². The second kappa shape index (κ2) is 5.40. The van der Waals surface area contributed by atoms with Crippen LogP contribution in [0.5, 0.6) is 0 Å². The van der Waals surface area contributed by atoms with E-state index in [9.17, 15) is 0 Å². The van der Waals surface area contributed by atoms with Crippen molar-refractivity contribution in [3.05, 3.63) is 48.0 Å². The molecule has 0 aliphatic heterocycles. The number of aromatic amines is 1. The fourth-order valence-electron chi connectivity index (χ4n) is 2.40. The highest BCUT2D eigenvalue weighted by Gasteiger charge is 2.20. The number of aromatic nitrogens is 2. The molecule has 0 bridgehead atoms. The molecule has 0 saturated carbocycles. The molecule has 3 N–H and O–H groups in total. The Bertz CT molecular complexity index is 564. The number of fused-ring (bicyclic) bond motifs is 1. The van der Waals surface area contributed by atoms with E-state index in [0.29, 0.717) is 11.2 Å². The summed E-state index contributed by atoms with van der Waals surface area (Å²) in [6, 6.07) is 10.3. The van der Waals surface area contributed by atoms with Crippen molar-refractivity contribution in [3.63, 3.8) is 0 Å². The Kier molecular flexibility index (Phi) is 3.46. The van der Waals surface area contributed by atoms with Crippen LogP contribution < -0.4 is 10.6 Å². The highest BCUT2D eigenvalue weighted by molar-refractivity contribution is 7.80. The fourth-order valence-corrected chi connectivity index (χ4v) is 2.68. The first-order valence-electron chi connectivity index (χ1n) is 6.45. The van der Waals surface area contributed by atoms with Crippen LogP contribution in [-0.4, -0.2) is 21.1 Å². The first-order chi connectivity index (χ1) is 9.31. The number of thiocarbonyl (C=S) groups is 1. The molecule has 5 heteroatoms. The van der Waals surface area contributed by atoms with Crippen molar-refractivity contribution < 1.29 is 0 Å². The number of anilines is 1. The molecule has 2 aromatic rings. The van der Waals surface area contributed by atoms with E-state index in [4.69, 9.17) is 12.2 Å². The lowest BCUT2D eigenvalue weighted by atomic mass is 9.96. The van der Waals surface area contributed by atoms with Crippen molar-refractivity contribution in [3.8, 4) is 0 Å². The number of rotatable bonds is 2. The van der Waals surface area contributed by atoms with Crippen LogP contribution in [0.1, 0.15) is 17.8 Å². The molecule has 0 saturated heterocycles. The van der Waals surface area contributed by atoms with Crippen LogP contribution in [0.25, 0.3) is 0 Å². The van der Waals surface area contributed by atoms with E-state index in [1.54, 1.807) is 6.33 Å². The number of para-hydroxylation sites is 1. The van der Waals surface area contributed by atoms with Gasteiger partial charge in [-0.15, -0.1) is 0 Å². The number of hydrogen-bond donors (Lipinski definition) is 3. The van der Waals surface area contributed by atoms with Gasteiger partial charge >= 0.3 is 0 Å². The Hall–Kier alpha value is -1.88. The first kappa shape index (κ1) is 12.2. The van der Waals surface area contributed by atoms with Crippen molar-refractivity contribution in [2.45, 2.75) is 25.3 Å². The third-order valence-corrected chi connectivity index (χ3v) is 3.57. The topological polar surface area (TPSA) is 52.7 Å². The normalized spacial score (nSPS) is 17.6. The summed E-state index contributed by atoms with van der Waals surface area (Å²) in [7, 11) is 0. The zero-order valence-electron chi connectivity index (χ0n) is 10.5. The summed E-state index contributed by atoms with van der Waals surface area (Å²) in [5, 5.41) is 7.25. The van der Waals surface area contributed by atoms with Crippen molar-refractivity contribution >= 4 is 23.0 Å². The minimum Gasteiger partial charge on any atom is -0.359 e. The number of H-pyrrole nitrogens is 1. The monoisotopic (exact) mass is 272 g/mol. The molecule has 1 aliphatic carbocycles. The maximum absolute atomic E-state index is 5.35. The van der Waals surface area contributed by atoms with Gasteiger partial charge in [0, 0.05) is 23.8 Å². The van der Waals surface area contributed by atoms with Crippen molar-refractivity contribution in [1.29, 1.82) is 0 Å². The van der Waals surface area contributed by atoms with Crippen molar-refractivity contribution in [1.82, 2.24) is 15.3 Å². The molecule has 1 atom stereocenters. The summed E-state index contributed by atoms with van der Waals surface area (Å²) in [4.78, 5) is 7.50. The molecule has 98 valence electrons. The number of aryl methyl sites for hydroxylation is 1. The summed E-state index contributed by atoms with van der Waals surface area (Å²) in [6.07, 6.45) is 4.79. The molecule has 4 nitrogen and oxygen atoms in total. The maximum atomic E-state index is 5.35. The Balaban J connectivity index is 1.56. The maximum Gasteiger partial charge on any atom is 0.171 e. The van der Waals surface area contributed by atoms with Gasteiger partial charge < -0.3 is 15.6 Å². The summed E-state index contributed by atoms with van der Waals surface area (Å²) < 4.78 is 0. The van der Waals surface area contributed by atoms with Crippen LogP contribution in [0.4, 0.5) is 5.69 Å². The molecule has 1 aliphatic rings. The van der Waals surface area contributed by atoms with E-state index in [-0.39, 0.29) is 0 Å². The second-order valence-corrected chi connectivity index (χ2v) is 5.14. The van der Waals surface area contributed by atoms with E-state index in [1.165, 1.54) is 11.4 Å².